The molecule has 146 valence electrons. The van der Waals surface area contributed by atoms with Gasteiger partial charge >= 0.3 is 0 Å². The zero-order valence-corrected chi connectivity index (χ0v) is 17.0. The van der Waals surface area contributed by atoms with Crippen LogP contribution >= 0.6 is 0 Å². The van der Waals surface area contributed by atoms with Crippen molar-refractivity contribution in [2.45, 2.75) is 45.6 Å². The molecule has 2 aromatic rings. The van der Waals surface area contributed by atoms with Gasteiger partial charge in [-0.3, -0.25) is 0 Å². The second-order valence-electron chi connectivity index (χ2n) is 7.41. The number of hydrogen-bond acceptors (Lipinski definition) is 6. The van der Waals surface area contributed by atoms with Gasteiger partial charge in [-0.1, -0.05) is 13.8 Å². The molecule has 6 nitrogen and oxygen atoms in total. The summed E-state index contributed by atoms with van der Waals surface area (Å²) in [6.07, 6.45) is 2.25. The van der Waals surface area contributed by atoms with Crippen molar-refractivity contribution < 1.29 is 9.47 Å². The molecule has 0 amide bonds. The van der Waals surface area contributed by atoms with E-state index >= 15 is 0 Å². The molecule has 0 bridgehead atoms. The molecule has 0 saturated carbocycles. The fourth-order valence-corrected chi connectivity index (χ4v) is 3.42. The molecule has 1 unspecified atom stereocenters. The van der Waals surface area contributed by atoms with Gasteiger partial charge in [-0.2, -0.15) is 0 Å². The molecule has 2 heterocycles. The average Bonchev–Trinajstić information content (AvgIpc) is 2.67. The Bertz CT molecular complexity index is 757. The van der Waals surface area contributed by atoms with Crippen LogP contribution in [0.15, 0.2) is 24.3 Å². The number of rotatable bonds is 6. The number of hydrogen-bond donors (Lipinski definition) is 1. The summed E-state index contributed by atoms with van der Waals surface area (Å²) in [6.45, 7) is 8.24. The summed E-state index contributed by atoms with van der Waals surface area (Å²) < 4.78 is 10.8. The minimum atomic E-state index is 0.326. The van der Waals surface area contributed by atoms with Gasteiger partial charge in [0.15, 0.2) is 0 Å². The molecular weight excluding hydrogens is 340 g/mol. The Morgan fingerprint density at radius 2 is 1.78 bits per heavy atom. The van der Waals surface area contributed by atoms with Crippen LogP contribution in [0.5, 0.6) is 11.5 Å². The van der Waals surface area contributed by atoms with Gasteiger partial charge in [0.05, 0.1) is 14.2 Å². The number of nitrogens with zero attached hydrogens (tertiary/aromatic N) is 3. The lowest BCUT2D eigenvalue weighted by Crippen LogP contribution is -2.42. The smallest absolute Gasteiger partial charge is 0.133 e. The second kappa shape index (κ2) is 8.46. The standard InChI is InChI=1S/C21H30N4O2/c1-14(2)21-22-15(3)9-20(24-21)25-8-6-7-16(13-25)23-17-10-18(26-4)12-19(11-17)27-5/h9-12,14,16,23H,6-8,13H2,1-5H3. The molecule has 0 spiro atoms. The highest BCUT2D eigenvalue weighted by Gasteiger charge is 2.22. The van der Waals surface area contributed by atoms with Crippen LogP contribution in [0.25, 0.3) is 0 Å². The third kappa shape index (κ3) is 4.81. The first-order valence-electron chi connectivity index (χ1n) is 9.58. The largest absolute Gasteiger partial charge is 0.497 e. The lowest BCUT2D eigenvalue weighted by molar-refractivity contribution is 0.394. The molecule has 1 atom stereocenters. The molecule has 1 aromatic carbocycles. The third-order valence-electron chi connectivity index (χ3n) is 4.84. The topological polar surface area (TPSA) is 59.5 Å². The Balaban J connectivity index is 1.75. The SMILES string of the molecule is COc1cc(NC2CCCN(c3cc(C)nc(C(C)C)n3)C2)cc(OC)c1. The van der Waals surface area contributed by atoms with Gasteiger partial charge in [-0.05, 0) is 19.8 Å². The fourth-order valence-electron chi connectivity index (χ4n) is 3.42. The summed E-state index contributed by atoms with van der Waals surface area (Å²) >= 11 is 0. The van der Waals surface area contributed by atoms with Crippen molar-refractivity contribution in [3.63, 3.8) is 0 Å². The number of anilines is 2. The third-order valence-corrected chi connectivity index (χ3v) is 4.84. The van der Waals surface area contributed by atoms with Crippen LogP contribution in [0.2, 0.25) is 0 Å². The van der Waals surface area contributed by atoms with Gasteiger partial charge in [-0.25, -0.2) is 9.97 Å². The van der Waals surface area contributed by atoms with Crippen molar-refractivity contribution in [2.75, 3.05) is 37.5 Å². The molecule has 0 aliphatic carbocycles. The van der Waals surface area contributed by atoms with E-state index in [9.17, 15) is 0 Å². The van der Waals surface area contributed by atoms with Crippen molar-refractivity contribution >= 4 is 11.5 Å². The molecule has 0 radical (unpaired) electrons. The van der Waals surface area contributed by atoms with E-state index in [1.165, 1.54) is 0 Å². The summed E-state index contributed by atoms with van der Waals surface area (Å²) in [5.41, 5.74) is 2.04. The maximum absolute atomic E-state index is 5.38. The molecule has 1 N–H and O–H groups in total. The fraction of sp³-hybridized carbons (Fsp3) is 0.524. The van der Waals surface area contributed by atoms with E-state index in [-0.39, 0.29) is 0 Å². The van der Waals surface area contributed by atoms with Crippen molar-refractivity contribution in [3.8, 4) is 11.5 Å². The summed E-state index contributed by atoms with van der Waals surface area (Å²) in [5.74, 6) is 3.85. The zero-order chi connectivity index (χ0) is 19.4. The maximum atomic E-state index is 5.38. The van der Waals surface area contributed by atoms with E-state index in [4.69, 9.17) is 14.5 Å². The Kier molecular flexibility index (Phi) is 6.04. The molecule has 1 aliphatic rings. The first-order valence-corrected chi connectivity index (χ1v) is 9.58. The van der Waals surface area contributed by atoms with Crippen molar-refractivity contribution in [1.29, 1.82) is 0 Å². The van der Waals surface area contributed by atoms with Crippen LogP contribution < -0.4 is 19.7 Å². The highest BCUT2D eigenvalue weighted by Crippen LogP contribution is 2.28. The summed E-state index contributed by atoms with van der Waals surface area (Å²) in [4.78, 5) is 11.7. The van der Waals surface area contributed by atoms with E-state index in [2.05, 4.69) is 35.1 Å². The molecule has 27 heavy (non-hydrogen) atoms. The van der Waals surface area contributed by atoms with Gasteiger partial charge < -0.3 is 19.7 Å². The van der Waals surface area contributed by atoms with Crippen LogP contribution in [-0.4, -0.2) is 43.3 Å². The van der Waals surface area contributed by atoms with Crippen LogP contribution in [-0.2, 0) is 0 Å². The van der Waals surface area contributed by atoms with E-state index in [0.29, 0.717) is 12.0 Å². The number of ether oxygens (including phenoxy) is 2. The number of piperidine rings is 1. The molecule has 1 fully saturated rings. The van der Waals surface area contributed by atoms with Crippen LogP contribution in [0.1, 0.15) is 44.1 Å². The second-order valence-corrected chi connectivity index (χ2v) is 7.41. The highest BCUT2D eigenvalue weighted by molar-refractivity contribution is 5.55. The van der Waals surface area contributed by atoms with Gasteiger partial charge in [0.1, 0.15) is 23.1 Å². The first kappa shape index (κ1) is 19.3. The zero-order valence-electron chi connectivity index (χ0n) is 17.0. The number of benzene rings is 1. The summed E-state index contributed by atoms with van der Waals surface area (Å²) in [6, 6.07) is 8.33. The monoisotopic (exact) mass is 370 g/mol. The first-order chi connectivity index (χ1) is 13.0. The predicted molar refractivity (Wildman–Crippen MR) is 109 cm³/mol. The minimum Gasteiger partial charge on any atom is -0.497 e. The minimum absolute atomic E-state index is 0.326. The van der Waals surface area contributed by atoms with Gasteiger partial charge in [0, 0.05) is 60.7 Å². The number of aryl methyl sites for hydroxylation is 1. The van der Waals surface area contributed by atoms with Crippen molar-refractivity contribution in [3.05, 3.63) is 35.8 Å². The van der Waals surface area contributed by atoms with Crippen LogP contribution in [0.4, 0.5) is 11.5 Å². The maximum Gasteiger partial charge on any atom is 0.133 e. The summed E-state index contributed by atoms with van der Waals surface area (Å²) in [7, 11) is 3.34. The van der Waals surface area contributed by atoms with E-state index < -0.39 is 0 Å². The molecule has 3 rings (SSSR count). The normalized spacial score (nSPS) is 17.1. The van der Waals surface area contributed by atoms with Crippen LogP contribution in [0.3, 0.4) is 0 Å². The Hall–Kier alpha value is -2.50. The Morgan fingerprint density at radius 1 is 1.07 bits per heavy atom. The van der Waals surface area contributed by atoms with E-state index in [0.717, 1.165) is 60.5 Å². The number of methoxy groups -OCH3 is 2. The van der Waals surface area contributed by atoms with E-state index in [1.54, 1.807) is 14.2 Å². The van der Waals surface area contributed by atoms with Crippen molar-refractivity contribution in [1.82, 2.24) is 9.97 Å². The van der Waals surface area contributed by atoms with Crippen molar-refractivity contribution in [2.24, 2.45) is 0 Å². The predicted octanol–water partition coefficient (Wildman–Crippen LogP) is 4.01. The number of nitrogens with one attached hydrogen (secondary N) is 1. The van der Waals surface area contributed by atoms with E-state index in [1.807, 2.05) is 25.1 Å². The molecule has 1 saturated heterocycles. The van der Waals surface area contributed by atoms with Gasteiger partial charge in [0.25, 0.3) is 0 Å². The van der Waals surface area contributed by atoms with Gasteiger partial charge in [-0.15, -0.1) is 0 Å². The molecule has 1 aromatic heterocycles. The van der Waals surface area contributed by atoms with Crippen LogP contribution in [0, 0.1) is 6.92 Å². The lowest BCUT2D eigenvalue weighted by atomic mass is 10.0. The molecular formula is C21H30N4O2. The summed E-state index contributed by atoms with van der Waals surface area (Å²) in [5, 5.41) is 3.64. The number of aromatic nitrogens is 2. The average molecular weight is 370 g/mol. The highest BCUT2D eigenvalue weighted by atomic mass is 16.5. The van der Waals surface area contributed by atoms with Gasteiger partial charge in [0.2, 0.25) is 0 Å². The Morgan fingerprint density at radius 3 is 2.41 bits per heavy atom. The molecule has 6 heteroatoms. The lowest BCUT2D eigenvalue weighted by Gasteiger charge is -2.35. The quantitative estimate of drug-likeness (QED) is 0.829. The molecule has 1 aliphatic heterocycles. The Labute approximate surface area is 161 Å².